The molecule has 0 radical (unpaired) electrons. The predicted octanol–water partition coefficient (Wildman–Crippen LogP) is 1.15. The SMILES string of the molecule is CC(C)NC1CCN(C2(C)CCCOC2)C1=O. The Balaban J connectivity index is 2.01. The van der Waals surface area contributed by atoms with Crippen LogP contribution in [0.1, 0.15) is 40.0 Å². The minimum atomic E-state index is -0.0806. The van der Waals surface area contributed by atoms with E-state index in [9.17, 15) is 4.79 Å². The lowest BCUT2D eigenvalue weighted by atomic mass is 9.93. The monoisotopic (exact) mass is 240 g/mol. The molecule has 0 aliphatic carbocycles. The van der Waals surface area contributed by atoms with Crippen LogP contribution in [0.2, 0.25) is 0 Å². The number of hydrogen-bond donors (Lipinski definition) is 1. The molecule has 2 rings (SSSR count). The Morgan fingerprint density at radius 2 is 2.29 bits per heavy atom. The van der Waals surface area contributed by atoms with Crippen LogP contribution in [0.25, 0.3) is 0 Å². The summed E-state index contributed by atoms with van der Waals surface area (Å²) in [6.45, 7) is 8.71. The van der Waals surface area contributed by atoms with E-state index in [-0.39, 0.29) is 17.5 Å². The van der Waals surface area contributed by atoms with Crippen molar-refractivity contribution in [1.29, 1.82) is 0 Å². The largest absolute Gasteiger partial charge is 0.379 e. The third-order valence-corrected chi connectivity index (χ3v) is 3.81. The third-order valence-electron chi connectivity index (χ3n) is 3.81. The first-order valence-corrected chi connectivity index (χ1v) is 6.68. The van der Waals surface area contributed by atoms with Gasteiger partial charge in [-0.05, 0) is 26.2 Å². The van der Waals surface area contributed by atoms with Crippen LogP contribution < -0.4 is 5.32 Å². The van der Waals surface area contributed by atoms with Gasteiger partial charge in [-0.3, -0.25) is 4.79 Å². The molecule has 98 valence electrons. The average Bonchev–Trinajstić information content (AvgIpc) is 2.61. The molecule has 0 aromatic rings. The maximum Gasteiger partial charge on any atom is 0.240 e. The average molecular weight is 240 g/mol. The summed E-state index contributed by atoms with van der Waals surface area (Å²) in [5.41, 5.74) is -0.0806. The molecule has 0 spiro atoms. The summed E-state index contributed by atoms with van der Waals surface area (Å²) < 4.78 is 5.55. The molecule has 2 aliphatic heterocycles. The molecule has 0 bridgehead atoms. The quantitative estimate of drug-likeness (QED) is 0.804. The Bertz CT molecular complexity index is 285. The van der Waals surface area contributed by atoms with Gasteiger partial charge in [0, 0.05) is 19.2 Å². The summed E-state index contributed by atoms with van der Waals surface area (Å²) in [7, 11) is 0. The molecule has 1 N–H and O–H groups in total. The molecule has 2 saturated heterocycles. The number of carbonyl (C=O) groups is 1. The summed E-state index contributed by atoms with van der Waals surface area (Å²) in [5.74, 6) is 0.256. The standard InChI is InChI=1S/C13H24N2O2/c1-10(2)14-11-5-7-15(12(11)16)13(3)6-4-8-17-9-13/h10-11,14H,4-9H2,1-3H3. The summed E-state index contributed by atoms with van der Waals surface area (Å²) in [5, 5.41) is 3.35. The van der Waals surface area contributed by atoms with E-state index in [0.29, 0.717) is 12.6 Å². The lowest BCUT2D eigenvalue weighted by molar-refractivity contribution is -0.139. The first-order chi connectivity index (χ1) is 8.03. The van der Waals surface area contributed by atoms with Crippen molar-refractivity contribution < 1.29 is 9.53 Å². The Kier molecular flexibility index (Phi) is 3.73. The molecule has 1 amide bonds. The third kappa shape index (κ3) is 2.63. The molecule has 0 aromatic heterocycles. The number of rotatable bonds is 3. The molecule has 4 nitrogen and oxygen atoms in total. The van der Waals surface area contributed by atoms with Gasteiger partial charge in [-0.1, -0.05) is 13.8 Å². The fourth-order valence-electron chi connectivity index (χ4n) is 2.91. The van der Waals surface area contributed by atoms with Crippen molar-refractivity contribution in [2.75, 3.05) is 19.8 Å². The number of ether oxygens (including phenoxy) is 1. The van der Waals surface area contributed by atoms with Crippen molar-refractivity contribution in [2.45, 2.75) is 57.7 Å². The van der Waals surface area contributed by atoms with Crippen LogP contribution in [-0.4, -0.2) is 48.2 Å². The fraction of sp³-hybridized carbons (Fsp3) is 0.923. The van der Waals surface area contributed by atoms with Gasteiger partial charge in [0.2, 0.25) is 5.91 Å². The number of nitrogens with one attached hydrogen (secondary N) is 1. The molecule has 2 aliphatic rings. The minimum absolute atomic E-state index is 0.00810. The predicted molar refractivity (Wildman–Crippen MR) is 66.8 cm³/mol. The second kappa shape index (κ2) is 4.94. The molecule has 2 heterocycles. The van der Waals surface area contributed by atoms with Gasteiger partial charge in [0.1, 0.15) is 0 Å². The summed E-state index contributed by atoms with van der Waals surface area (Å²) in [6, 6.07) is 0.369. The molecule has 2 atom stereocenters. The van der Waals surface area contributed by atoms with Crippen LogP contribution in [0.3, 0.4) is 0 Å². The maximum absolute atomic E-state index is 12.4. The lowest BCUT2D eigenvalue weighted by Gasteiger charge is -2.41. The van der Waals surface area contributed by atoms with Crippen LogP contribution >= 0.6 is 0 Å². The van der Waals surface area contributed by atoms with Gasteiger partial charge in [0.15, 0.2) is 0 Å². The number of hydrogen-bond acceptors (Lipinski definition) is 3. The second-order valence-electron chi connectivity index (χ2n) is 5.81. The first kappa shape index (κ1) is 12.8. The number of likely N-dealkylation sites (tertiary alicyclic amines) is 1. The highest BCUT2D eigenvalue weighted by atomic mass is 16.5. The number of amides is 1. The van der Waals surface area contributed by atoms with Crippen molar-refractivity contribution in [2.24, 2.45) is 0 Å². The van der Waals surface area contributed by atoms with Crippen LogP contribution in [0.15, 0.2) is 0 Å². The molecule has 17 heavy (non-hydrogen) atoms. The molecule has 2 unspecified atom stereocenters. The van der Waals surface area contributed by atoms with Crippen molar-refractivity contribution in [3.05, 3.63) is 0 Å². The Morgan fingerprint density at radius 1 is 1.53 bits per heavy atom. The highest BCUT2D eigenvalue weighted by molar-refractivity contribution is 5.84. The molecule has 4 heteroatoms. The van der Waals surface area contributed by atoms with Gasteiger partial charge in [-0.2, -0.15) is 0 Å². The zero-order chi connectivity index (χ0) is 12.5. The molecule has 0 aromatic carbocycles. The molecule has 0 saturated carbocycles. The van der Waals surface area contributed by atoms with E-state index in [1.165, 1.54) is 0 Å². The zero-order valence-electron chi connectivity index (χ0n) is 11.2. The first-order valence-electron chi connectivity index (χ1n) is 6.68. The van der Waals surface area contributed by atoms with Gasteiger partial charge in [0.05, 0.1) is 18.2 Å². The smallest absolute Gasteiger partial charge is 0.240 e. The van der Waals surface area contributed by atoms with E-state index >= 15 is 0 Å². The van der Waals surface area contributed by atoms with Crippen molar-refractivity contribution in [3.8, 4) is 0 Å². The number of carbonyl (C=O) groups excluding carboxylic acids is 1. The topological polar surface area (TPSA) is 41.6 Å². The van der Waals surface area contributed by atoms with Crippen molar-refractivity contribution in [1.82, 2.24) is 10.2 Å². The van der Waals surface area contributed by atoms with Crippen molar-refractivity contribution >= 4 is 5.91 Å². The summed E-state index contributed by atoms with van der Waals surface area (Å²) in [6.07, 6.45) is 3.04. The van der Waals surface area contributed by atoms with Gasteiger partial charge in [-0.15, -0.1) is 0 Å². The van der Waals surface area contributed by atoms with Crippen LogP contribution in [-0.2, 0) is 9.53 Å². The Labute approximate surface area is 104 Å². The van der Waals surface area contributed by atoms with E-state index in [1.54, 1.807) is 0 Å². The Morgan fingerprint density at radius 3 is 2.88 bits per heavy atom. The van der Waals surface area contributed by atoms with E-state index in [2.05, 4.69) is 26.1 Å². The van der Waals surface area contributed by atoms with E-state index < -0.39 is 0 Å². The molecular weight excluding hydrogens is 216 g/mol. The lowest BCUT2D eigenvalue weighted by Crippen LogP contribution is -2.54. The van der Waals surface area contributed by atoms with Gasteiger partial charge in [0.25, 0.3) is 0 Å². The van der Waals surface area contributed by atoms with Crippen LogP contribution in [0.5, 0.6) is 0 Å². The number of nitrogens with zero attached hydrogens (tertiary/aromatic N) is 1. The zero-order valence-corrected chi connectivity index (χ0v) is 11.2. The van der Waals surface area contributed by atoms with Crippen LogP contribution in [0, 0.1) is 0 Å². The van der Waals surface area contributed by atoms with Crippen LogP contribution in [0.4, 0.5) is 0 Å². The highest BCUT2D eigenvalue weighted by Crippen LogP contribution is 2.30. The van der Waals surface area contributed by atoms with E-state index in [4.69, 9.17) is 4.74 Å². The summed E-state index contributed by atoms with van der Waals surface area (Å²) >= 11 is 0. The second-order valence-corrected chi connectivity index (χ2v) is 5.81. The maximum atomic E-state index is 12.4. The normalized spacial score (nSPS) is 34.7. The van der Waals surface area contributed by atoms with E-state index in [0.717, 1.165) is 32.4 Å². The van der Waals surface area contributed by atoms with Gasteiger partial charge >= 0.3 is 0 Å². The molecule has 2 fully saturated rings. The summed E-state index contributed by atoms with van der Waals surface area (Å²) in [4.78, 5) is 14.4. The van der Waals surface area contributed by atoms with Crippen molar-refractivity contribution in [3.63, 3.8) is 0 Å². The van der Waals surface area contributed by atoms with Gasteiger partial charge in [-0.25, -0.2) is 0 Å². The fourth-order valence-corrected chi connectivity index (χ4v) is 2.91. The highest BCUT2D eigenvalue weighted by Gasteiger charge is 2.43. The van der Waals surface area contributed by atoms with E-state index in [1.807, 2.05) is 4.90 Å². The Hall–Kier alpha value is -0.610. The minimum Gasteiger partial charge on any atom is -0.379 e. The van der Waals surface area contributed by atoms with Gasteiger partial charge < -0.3 is 15.0 Å². The molecular formula is C13H24N2O2.